The highest BCUT2D eigenvalue weighted by molar-refractivity contribution is 7.98. The van der Waals surface area contributed by atoms with E-state index < -0.39 is 0 Å². The minimum Gasteiger partial charge on any atom is -0.309 e. The van der Waals surface area contributed by atoms with Gasteiger partial charge in [-0.05, 0) is 80.4 Å². The summed E-state index contributed by atoms with van der Waals surface area (Å²) in [6, 6.07) is 11.2. The summed E-state index contributed by atoms with van der Waals surface area (Å²) in [5, 5.41) is 3.53. The monoisotopic (exact) mass is 299 g/mol. The summed E-state index contributed by atoms with van der Waals surface area (Å²) in [6.45, 7) is 8.89. The first-order chi connectivity index (χ1) is 10.0. The molecule has 21 heavy (non-hydrogen) atoms. The maximum absolute atomic E-state index is 3.53. The average molecular weight is 299 g/mol. The van der Waals surface area contributed by atoms with Gasteiger partial charge in [-0.25, -0.2) is 0 Å². The molecule has 0 aliphatic heterocycles. The summed E-state index contributed by atoms with van der Waals surface area (Å²) in [7, 11) is 2.05. The second kappa shape index (κ2) is 6.67. The molecule has 0 spiro atoms. The Kier molecular flexibility index (Phi) is 5.13. The van der Waals surface area contributed by atoms with Crippen LogP contribution in [-0.4, -0.2) is 13.3 Å². The zero-order valence-corrected chi connectivity index (χ0v) is 14.7. The normalized spacial score (nSPS) is 12.5. The number of thioether (sulfide) groups is 1. The van der Waals surface area contributed by atoms with Crippen LogP contribution in [0.4, 0.5) is 0 Å². The molecule has 0 bridgehead atoms. The number of benzene rings is 2. The van der Waals surface area contributed by atoms with E-state index in [0.29, 0.717) is 0 Å². The first-order valence-electron chi connectivity index (χ1n) is 7.38. The van der Waals surface area contributed by atoms with Gasteiger partial charge in [-0.15, -0.1) is 11.8 Å². The summed E-state index contributed by atoms with van der Waals surface area (Å²) in [5.41, 5.74) is 8.33. The first-order valence-corrected chi connectivity index (χ1v) is 8.61. The third-order valence-corrected chi connectivity index (χ3v) is 5.26. The summed E-state index contributed by atoms with van der Waals surface area (Å²) in [6.07, 6.45) is 2.15. The Hall–Kier alpha value is -1.25. The van der Waals surface area contributed by atoms with Crippen molar-refractivity contribution in [3.63, 3.8) is 0 Å². The van der Waals surface area contributed by atoms with Crippen LogP contribution in [0.2, 0.25) is 0 Å². The molecule has 0 amide bonds. The molecule has 0 aliphatic rings. The Labute approximate surface area is 133 Å². The van der Waals surface area contributed by atoms with E-state index >= 15 is 0 Å². The Balaban J connectivity index is 2.68. The maximum atomic E-state index is 3.53. The zero-order chi connectivity index (χ0) is 15.6. The molecule has 0 heterocycles. The number of aryl methyl sites for hydroxylation is 2. The molecule has 0 aliphatic carbocycles. The zero-order valence-electron chi connectivity index (χ0n) is 13.9. The van der Waals surface area contributed by atoms with Crippen LogP contribution in [0, 0.1) is 27.7 Å². The summed E-state index contributed by atoms with van der Waals surface area (Å²) in [5.74, 6) is 0. The van der Waals surface area contributed by atoms with Gasteiger partial charge < -0.3 is 5.32 Å². The summed E-state index contributed by atoms with van der Waals surface area (Å²) in [4.78, 5) is 1.34. The van der Waals surface area contributed by atoms with Crippen molar-refractivity contribution in [3.05, 3.63) is 63.7 Å². The highest BCUT2D eigenvalue weighted by Crippen LogP contribution is 2.35. The van der Waals surface area contributed by atoms with E-state index in [1.54, 1.807) is 0 Å². The molecular formula is C19H25NS. The van der Waals surface area contributed by atoms with E-state index in [0.717, 1.165) is 0 Å². The molecule has 2 rings (SSSR count). The van der Waals surface area contributed by atoms with Gasteiger partial charge in [-0.3, -0.25) is 0 Å². The van der Waals surface area contributed by atoms with Crippen LogP contribution >= 0.6 is 11.8 Å². The fraction of sp³-hybridized carbons (Fsp3) is 0.368. The maximum Gasteiger partial charge on any atom is 0.0590 e. The average Bonchev–Trinajstić information content (AvgIpc) is 2.49. The van der Waals surface area contributed by atoms with Gasteiger partial charge in [-0.2, -0.15) is 0 Å². The van der Waals surface area contributed by atoms with Crippen LogP contribution in [0.3, 0.4) is 0 Å². The van der Waals surface area contributed by atoms with Crippen molar-refractivity contribution in [1.82, 2.24) is 5.32 Å². The number of hydrogen-bond acceptors (Lipinski definition) is 2. The SMILES string of the molecule is CNC(c1ccccc1SC)c1c(C)c(C)cc(C)c1C. The van der Waals surface area contributed by atoms with Crippen molar-refractivity contribution < 1.29 is 0 Å². The summed E-state index contributed by atoms with van der Waals surface area (Å²) < 4.78 is 0. The van der Waals surface area contributed by atoms with Crippen LogP contribution in [-0.2, 0) is 0 Å². The van der Waals surface area contributed by atoms with E-state index in [9.17, 15) is 0 Å². The van der Waals surface area contributed by atoms with E-state index in [2.05, 4.69) is 76.6 Å². The number of nitrogens with one attached hydrogen (secondary N) is 1. The quantitative estimate of drug-likeness (QED) is 0.802. The lowest BCUT2D eigenvalue weighted by molar-refractivity contribution is 0.670. The lowest BCUT2D eigenvalue weighted by Gasteiger charge is -2.25. The molecule has 1 nitrogen and oxygen atoms in total. The van der Waals surface area contributed by atoms with E-state index in [4.69, 9.17) is 0 Å². The highest BCUT2D eigenvalue weighted by atomic mass is 32.2. The molecular weight excluding hydrogens is 274 g/mol. The van der Waals surface area contributed by atoms with Gasteiger partial charge in [0.15, 0.2) is 0 Å². The largest absolute Gasteiger partial charge is 0.309 e. The minimum absolute atomic E-state index is 0.243. The van der Waals surface area contributed by atoms with Crippen LogP contribution in [0.25, 0.3) is 0 Å². The summed E-state index contributed by atoms with van der Waals surface area (Å²) >= 11 is 1.81. The van der Waals surface area contributed by atoms with Gasteiger partial charge in [-0.1, -0.05) is 24.3 Å². The highest BCUT2D eigenvalue weighted by Gasteiger charge is 2.21. The van der Waals surface area contributed by atoms with Crippen molar-refractivity contribution in [2.45, 2.75) is 38.6 Å². The molecule has 0 saturated carbocycles. The fourth-order valence-electron chi connectivity index (χ4n) is 3.04. The van der Waals surface area contributed by atoms with Crippen molar-refractivity contribution >= 4 is 11.8 Å². The molecule has 1 atom stereocenters. The van der Waals surface area contributed by atoms with Crippen LogP contribution in [0.1, 0.15) is 39.4 Å². The fourth-order valence-corrected chi connectivity index (χ4v) is 3.68. The van der Waals surface area contributed by atoms with Gasteiger partial charge in [0.05, 0.1) is 6.04 Å². The molecule has 0 fully saturated rings. The van der Waals surface area contributed by atoms with Crippen molar-refractivity contribution in [1.29, 1.82) is 0 Å². The molecule has 112 valence electrons. The lowest BCUT2D eigenvalue weighted by atomic mass is 9.87. The Bertz CT molecular complexity index is 620. The van der Waals surface area contributed by atoms with E-state index in [1.165, 1.54) is 38.3 Å². The van der Waals surface area contributed by atoms with Crippen molar-refractivity contribution in [3.8, 4) is 0 Å². The molecule has 1 unspecified atom stereocenters. The third kappa shape index (κ3) is 3.02. The standard InChI is InChI=1S/C19H25NS/c1-12-11-13(2)15(4)18(14(12)3)19(20-5)16-9-7-8-10-17(16)21-6/h7-11,19-20H,1-6H3. The van der Waals surface area contributed by atoms with E-state index in [1.807, 2.05) is 11.8 Å². The molecule has 1 N–H and O–H groups in total. The Morgan fingerprint density at radius 1 is 0.952 bits per heavy atom. The van der Waals surface area contributed by atoms with Gasteiger partial charge in [0.25, 0.3) is 0 Å². The van der Waals surface area contributed by atoms with Gasteiger partial charge in [0.1, 0.15) is 0 Å². The van der Waals surface area contributed by atoms with Gasteiger partial charge in [0, 0.05) is 4.90 Å². The second-order valence-electron chi connectivity index (χ2n) is 5.64. The molecule has 2 aromatic carbocycles. The molecule has 0 aromatic heterocycles. The molecule has 0 radical (unpaired) electrons. The number of rotatable bonds is 4. The molecule has 2 aromatic rings. The predicted octanol–water partition coefficient (Wildman–Crippen LogP) is 4.95. The Morgan fingerprint density at radius 3 is 2.05 bits per heavy atom. The smallest absolute Gasteiger partial charge is 0.0590 e. The van der Waals surface area contributed by atoms with Crippen molar-refractivity contribution in [2.24, 2.45) is 0 Å². The van der Waals surface area contributed by atoms with E-state index in [-0.39, 0.29) is 6.04 Å². The topological polar surface area (TPSA) is 12.0 Å². The van der Waals surface area contributed by atoms with Crippen LogP contribution in [0.15, 0.2) is 35.2 Å². The molecule has 2 heteroatoms. The van der Waals surface area contributed by atoms with Crippen molar-refractivity contribution in [2.75, 3.05) is 13.3 Å². The lowest BCUT2D eigenvalue weighted by Crippen LogP contribution is -2.21. The Morgan fingerprint density at radius 2 is 1.52 bits per heavy atom. The third-order valence-electron chi connectivity index (χ3n) is 4.45. The second-order valence-corrected chi connectivity index (χ2v) is 6.49. The predicted molar refractivity (Wildman–Crippen MR) is 94.5 cm³/mol. The molecule has 0 saturated heterocycles. The minimum atomic E-state index is 0.243. The number of hydrogen-bond donors (Lipinski definition) is 1. The van der Waals surface area contributed by atoms with Gasteiger partial charge in [0.2, 0.25) is 0 Å². The van der Waals surface area contributed by atoms with Crippen LogP contribution in [0.5, 0.6) is 0 Å². The van der Waals surface area contributed by atoms with Crippen LogP contribution < -0.4 is 5.32 Å². The van der Waals surface area contributed by atoms with Gasteiger partial charge >= 0.3 is 0 Å². The first kappa shape index (κ1) is 16.1.